The van der Waals surface area contributed by atoms with E-state index < -0.39 is 11.8 Å². The van der Waals surface area contributed by atoms with Crippen LogP contribution in [0.2, 0.25) is 5.02 Å². The number of carbonyl (C=O) groups is 1. The number of anilines is 1. The highest BCUT2D eigenvalue weighted by Gasteiger charge is 2.13. The first-order valence-corrected chi connectivity index (χ1v) is 8.14. The molecule has 0 bridgehead atoms. The lowest BCUT2D eigenvalue weighted by atomic mass is 9.98. The molecule has 0 atom stereocenters. The third kappa shape index (κ3) is 5.81. The number of halogens is 2. The van der Waals surface area contributed by atoms with Gasteiger partial charge in [-0.3, -0.25) is 0 Å². The summed E-state index contributed by atoms with van der Waals surface area (Å²) in [4.78, 5) is 11.7. The molecule has 1 aromatic carbocycles. The van der Waals surface area contributed by atoms with Gasteiger partial charge in [0.15, 0.2) is 0 Å². The molecule has 0 radical (unpaired) electrons. The maximum Gasteiger partial charge on any atom is 0.319 e. The Morgan fingerprint density at radius 3 is 2.86 bits per heavy atom. The fourth-order valence-electron chi connectivity index (χ4n) is 2.52. The first-order chi connectivity index (χ1) is 10.6. The first kappa shape index (κ1) is 17.0. The van der Waals surface area contributed by atoms with E-state index in [0.717, 1.165) is 19.3 Å². The molecule has 0 spiro atoms. The maximum absolute atomic E-state index is 13.5. The minimum atomic E-state index is -0.514. The van der Waals surface area contributed by atoms with Crippen molar-refractivity contribution in [1.82, 2.24) is 5.32 Å². The first-order valence-electron chi connectivity index (χ1n) is 7.76. The van der Waals surface area contributed by atoms with Crippen LogP contribution in [0.1, 0.15) is 38.5 Å². The van der Waals surface area contributed by atoms with E-state index in [1.807, 2.05) is 0 Å². The molecule has 2 amide bonds. The van der Waals surface area contributed by atoms with Gasteiger partial charge in [-0.05, 0) is 37.5 Å². The SMILES string of the molecule is O=C(NCCCOC1CCCCC1)Nc1cc(Cl)ccc1F. The Kier molecular flexibility index (Phi) is 6.93. The molecule has 0 saturated heterocycles. The summed E-state index contributed by atoms with van der Waals surface area (Å²) in [7, 11) is 0. The van der Waals surface area contributed by atoms with Crippen LogP contribution in [-0.2, 0) is 4.74 Å². The average Bonchev–Trinajstić information content (AvgIpc) is 2.51. The second kappa shape index (κ2) is 8.96. The van der Waals surface area contributed by atoms with Crippen molar-refractivity contribution in [3.05, 3.63) is 29.0 Å². The molecule has 0 aliphatic heterocycles. The van der Waals surface area contributed by atoms with Crippen LogP contribution in [0.5, 0.6) is 0 Å². The van der Waals surface area contributed by atoms with E-state index in [2.05, 4.69) is 10.6 Å². The Morgan fingerprint density at radius 2 is 2.09 bits per heavy atom. The molecule has 1 aliphatic carbocycles. The van der Waals surface area contributed by atoms with Crippen LogP contribution in [-0.4, -0.2) is 25.3 Å². The highest BCUT2D eigenvalue weighted by molar-refractivity contribution is 6.30. The van der Waals surface area contributed by atoms with E-state index in [1.54, 1.807) is 0 Å². The molecule has 22 heavy (non-hydrogen) atoms. The van der Waals surface area contributed by atoms with E-state index in [9.17, 15) is 9.18 Å². The Bertz CT molecular complexity index is 493. The van der Waals surface area contributed by atoms with Gasteiger partial charge in [0.25, 0.3) is 0 Å². The zero-order valence-corrected chi connectivity index (χ0v) is 13.3. The molecule has 2 N–H and O–H groups in total. The van der Waals surface area contributed by atoms with Gasteiger partial charge in [0.2, 0.25) is 0 Å². The van der Waals surface area contributed by atoms with Gasteiger partial charge in [0.05, 0.1) is 11.8 Å². The number of amides is 2. The molecule has 1 fully saturated rings. The molecule has 0 heterocycles. The Labute approximate surface area is 135 Å². The summed E-state index contributed by atoms with van der Waals surface area (Å²) in [5.74, 6) is -0.514. The summed E-state index contributed by atoms with van der Waals surface area (Å²) < 4.78 is 19.2. The Balaban J connectivity index is 1.60. The number of nitrogens with one attached hydrogen (secondary N) is 2. The van der Waals surface area contributed by atoms with Crippen molar-refractivity contribution >= 4 is 23.3 Å². The summed E-state index contributed by atoms with van der Waals surface area (Å²) >= 11 is 5.76. The monoisotopic (exact) mass is 328 g/mol. The lowest BCUT2D eigenvalue weighted by Crippen LogP contribution is -2.30. The van der Waals surface area contributed by atoms with Gasteiger partial charge in [0, 0.05) is 18.2 Å². The van der Waals surface area contributed by atoms with Crippen molar-refractivity contribution in [1.29, 1.82) is 0 Å². The molecule has 4 nitrogen and oxygen atoms in total. The zero-order valence-electron chi connectivity index (χ0n) is 12.5. The van der Waals surface area contributed by atoms with Crippen molar-refractivity contribution in [2.24, 2.45) is 0 Å². The number of rotatable bonds is 6. The van der Waals surface area contributed by atoms with Gasteiger partial charge in [-0.15, -0.1) is 0 Å². The van der Waals surface area contributed by atoms with Crippen molar-refractivity contribution in [2.45, 2.75) is 44.6 Å². The lowest BCUT2D eigenvalue weighted by molar-refractivity contribution is 0.0276. The molecular weight excluding hydrogens is 307 g/mol. The predicted molar refractivity (Wildman–Crippen MR) is 85.9 cm³/mol. The van der Waals surface area contributed by atoms with Gasteiger partial charge in [0.1, 0.15) is 5.82 Å². The standard InChI is InChI=1S/C16H22ClFN2O2/c17-12-7-8-14(18)15(11-12)20-16(21)19-9-4-10-22-13-5-2-1-3-6-13/h7-8,11,13H,1-6,9-10H2,(H2,19,20,21). The number of carbonyl (C=O) groups excluding carboxylic acids is 1. The van der Waals surface area contributed by atoms with E-state index in [0.29, 0.717) is 24.3 Å². The van der Waals surface area contributed by atoms with Crippen molar-refractivity contribution in [2.75, 3.05) is 18.5 Å². The van der Waals surface area contributed by atoms with Crippen LogP contribution >= 0.6 is 11.6 Å². The Hall–Kier alpha value is -1.33. The maximum atomic E-state index is 13.5. The zero-order chi connectivity index (χ0) is 15.8. The van der Waals surface area contributed by atoms with E-state index >= 15 is 0 Å². The second-order valence-electron chi connectivity index (χ2n) is 5.49. The molecule has 1 aromatic rings. The number of hydrogen-bond acceptors (Lipinski definition) is 2. The fraction of sp³-hybridized carbons (Fsp3) is 0.562. The number of benzene rings is 1. The van der Waals surface area contributed by atoms with Crippen LogP contribution in [0.4, 0.5) is 14.9 Å². The smallest absolute Gasteiger partial charge is 0.319 e. The molecular formula is C16H22ClFN2O2. The third-order valence-electron chi connectivity index (χ3n) is 3.69. The highest BCUT2D eigenvalue weighted by atomic mass is 35.5. The van der Waals surface area contributed by atoms with E-state index in [1.165, 1.54) is 37.5 Å². The number of hydrogen-bond donors (Lipinski definition) is 2. The summed E-state index contributed by atoms with van der Waals surface area (Å²) in [5.41, 5.74) is 0.0726. The summed E-state index contributed by atoms with van der Waals surface area (Å²) in [5, 5.41) is 5.49. The summed E-state index contributed by atoms with van der Waals surface area (Å²) in [6.45, 7) is 1.12. The molecule has 0 unspecified atom stereocenters. The fourth-order valence-corrected chi connectivity index (χ4v) is 2.69. The Morgan fingerprint density at radius 1 is 1.32 bits per heavy atom. The van der Waals surface area contributed by atoms with Crippen LogP contribution in [0.3, 0.4) is 0 Å². The van der Waals surface area contributed by atoms with Gasteiger partial charge in [-0.25, -0.2) is 9.18 Å². The number of ether oxygens (including phenoxy) is 1. The predicted octanol–water partition coefficient (Wildman–Crippen LogP) is 4.34. The molecule has 122 valence electrons. The molecule has 6 heteroatoms. The van der Waals surface area contributed by atoms with Crippen LogP contribution in [0.15, 0.2) is 18.2 Å². The minimum absolute atomic E-state index is 0.0726. The normalized spacial score (nSPS) is 15.5. The van der Waals surface area contributed by atoms with Crippen LogP contribution in [0.25, 0.3) is 0 Å². The largest absolute Gasteiger partial charge is 0.378 e. The summed E-state index contributed by atoms with van der Waals surface area (Å²) in [6.07, 6.45) is 7.20. The van der Waals surface area contributed by atoms with Gasteiger partial charge in [-0.1, -0.05) is 30.9 Å². The van der Waals surface area contributed by atoms with Gasteiger partial charge < -0.3 is 15.4 Å². The van der Waals surface area contributed by atoms with Crippen LogP contribution in [0, 0.1) is 5.82 Å². The molecule has 1 saturated carbocycles. The lowest BCUT2D eigenvalue weighted by Gasteiger charge is -2.21. The van der Waals surface area contributed by atoms with Gasteiger partial charge in [-0.2, -0.15) is 0 Å². The molecule has 1 aliphatic rings. The quantitative estimate of drug-likeness (QED) is 0.763. The van der Waals surface area contributed by atoms with E-state index in [-0.39, 0.29) is 5.69 Å². The average molecular weight is 329 g/mol. The topological polar surface area (TPSA) is 50.4 Å². The second-order valence-corrected chi connectivity index (χ2v) is 5.93. The number of urea groups is 1. The molecule has 2 rings (SSSR count). The van der Waals surface area contributed by atoms with Crippen molar-refractivity contribution < 1.29 is 13.9 Å². The van der Waals surface area contributed by atoms with Gasteiger partial charge >= 0.3 is 6.03 Å². The van der Waals surface area contributed by atoms with Crippen LogP contribution < -0.4 is 10.6 Å². The minimum Gasteiger partial charge on any atom is -0.378 e. The third-order valence-corrected chi connectivity index (χ3v) is 3.92. The van der Waals surface area contributed by atoms with Crippen molar-refractivity contribution in [3.8, 4) is 0 Å². The van der Waals surface area contributed by atoms with Crippen molar-refractivity contribution in [3.63, 3.8) is 0 Å². The summed E-state index contributed by atoms with van der Waals surface area (Å²) in [6, 6.07) is 3.58. The highest BCUT2D eigenvalue weighted by Crippen LogP contribution is 2.20. The van der Waals surface area contributed by atoms with E-state index in [4.69, 9.17) is 16.3 Å². The molecule has 0 aromatic heterocycles.